The monoisotopic (exact) mass is 342 g/mol. The molecule has 4 rings (SSSR count). The number of hydrogen-bond acceptors (Lipinski definition) is 4. The standard InChI is InChI=1S/C20H14N4O2/c21-12-14-2-6-16(7-3-14)23-18(25)20(10-1-11-20)24(19(23)26)17-8-4-15(13-22)5-9-17/h2-9H,1,10-11H2. The van der Waals surface area contributed by atoms with Crippen LogP contribution in [0.5, 0.6) is 0 Å². The molecule has 2 aliphatic rings. The molecule has 126 valence electrons. The largest absolute Gasteiger partial charge is 0.336 e. The molecule has 1 heterocycles. The Balaban J connectivity index is 1.77. The molecule has 0 N–H and O–H groups in total. The van der Waals surface area contributed by atoms with Crippen molar-refractivity contribution in [2.75, 3.05) is 9.80 Å². The number of anilines is 2. The first-order chi connectivity index (χ1) is 12.6. The number of amides is 3. The predicted molar refractivity (Wildman–Crippen MR) is 94.3 cm³/mol. The summed E-state index contributed by atoms with van der Waals surface area (Å²) in [6.07, 6.45) is 2.11. The molecule has 2 aromatic rings. The maximum absolute atomic E-state index is 13.1. The summed E-state index contributed by atoms with van der Waals surface area (Å²) in [5, 5.41) is 17.9. The van der Waals surface area contributed by atoms with Crippen LogP contribution in [0.3, 0.4) is 0 Å². The highest BCUT2D eigenvalue weighted by Crippen LogP contribution is 2.47. The van der Waals surface area contributed by atoms with Crippen molar-refractivity contribution in [3.05, 3.63) is 59.7 Å². The Labute approximate surface area is 150 Å². The Hall–Kier alpha value is -3.64. The van der Waals surface area contributed by atoms with Gasteiger partial charge in [0, 0.05) is 5.69 Å². The predicted octanol–water partition coefficient (Wildman–Crippen LogP) is 3.33. The van der Waals surface area contributed by atoms with Gasteiger partial charge in [0.05, 0.1) is 29.0 Å². The van der Waals surface area contributed by atoms with Gasteiger partial charge in [0.15, 0.2) is 0 Å². The van der Waals surface area contributed by atoms with Gasteiger partial charge in [-0.05, 0) is 67.8 Å². The summed E-state index contributed by atoms with van der Waals surface area (Å²) in [6, 6.07) is 16.8. The average molecular weight is 342 g/mol. The first kappa shape index (κ1) is 15.9. The molecule has 0 radical (unpaired) electrons. The zero-order valence-corrected chi connectivity index (χ0v) is 13.8. The molecular weight excluding hydrogens is 328 g/mol. The van der Waals surface area contributed by atoms with Crippen LogP contribution in [0, 0.1) is 22.7 Å². The zero-order chi connectivity index (χ0) is 18.3. The third-order valence-electron chi connectivity index (χ3n) is 5.10. The summed E-state index contributed by atoms with van der Waals surface area (Å²) in [4.78, 5) is 29.0. The third-order valence-corrected chi connectivity index (χ3v) is 5.10. The summed E-state index contributed by atoms with van der Waals surface area (Å²) in [5.41, 5.74) is 1.19. The normalized spacial score (nSPS) is 17.8. The number of urea groups is 1. The van der Waals surface area contributed by atoms with Crippen LogP contribution < -0.4 is 9.80 Å². The van der Waals surface area contributed by atoms with Gasteiger partial charge in [-0.1, -0.05) is 0 Å². The van der Waals surface area contributed by atoms with Gasteiger partial charge in [-0.3, -0.25) is 9.69 Å². The van der Waals surface area contributed by atoms with Crippen LogP contribution in [0.15, 0.2) is 48.5 Å². The van der Waals surface area contributed by atoms with E-state index in [1.54, 1.807) is 53.4 Å². The molecule has 0 bridgehead atoms. The Morgan fingerprint density at radius 1 is 0.808 bits per heavy atom. The van der Waals surface area contributed by atoms with Crippen LogP contribution in [0.1, 0.15) is 30.4 Å². The number of rotatable bonds is 2. The van der Waals surface area contributed by atoms with Crippen LogP contribution in [-0.4, -0.2) is 17.5 Å². The van der Waals surface area contributed by atoms with Crippen molar-refractivity contribution in [3.63, 3.8) is 0 Å². The lowest BCUT2D eigenvalue weighted by Crippen LogP contribution is -2.55. The highest BCUT2D eigenvalue weighted by atomic mass is 16.2. The van der Waals surface area contributed by atoms with Gasteiger partial charge >= 0.3 is 6.03 Å². The second kappa shape index (κ2) is 5.72. The van der Waals surface area contributed by atoms with E-state index in [1.807, 2.05) is 6.07 Å². The lowest BCUT2D eigenvalue weighted by Gasteiger charge is -2.42. The molecule has 1 spiro atoms. The maximum Gasteiger partial charge on any atom is 0.336 e. The second-order valence-corrected chi connectivity index (χ2v) is 6.46. The van der Waals surface area contributed by atoms with E-state index in [0.717, 1.165) is 6.42 Å². The lowest BCUT2D eigenvalue weighted by atomic mass is 9.75. The van der Waals surface area contributed by atoms with Crippen molar-refractivity contribution in [1.29, 1.82) is 10.5 Å². The van der Waals surface area contributed by atoms with E-state index >= 15 is 0 Å². The van der Waals surface area contributed by atoms with Gasteiger partial charge in [-0.15, -0.1) is 0 Å². The lowest BCUT2D eigenvalue weighted by molar-refractivity contribution is -0.123. The van der Waals surface area contributed by atoms with Crippen LogP contribution in [0.4, 0.5) is 16.2 Å². The van der Waals surface area contributed by atoms with Gasteiger partial charge in [-0.25, -0.2) is 9.69 Å². The first-order valence-electron chi connectivity index (χ1n) is 8.30. The van der Waals surface area contributed by atoms with E-state index in [9.17, 15) is 9.59 Å². The minimum Gasteiger partial charge on any atom is -0.278 e. The van der Waals surface area contributed by atoms with Gasteiger partial charge in [0.2, 0.25) is 0 Å². The molecule has 1 saturated carbocycles. The molecule has 6 nitrogen and oxygen atoms in total. The minimum atomic E-state index is -0.848. The third kappa shape index (κ3) is 2.09. The van der Waals surface area contributed by atoms with Crippen LogP contribution in [0.2, 0.25) is 0 Å². The molecule has 0 unspecified atom stereocenters. The quantitative estimate of drug-likeness (QED) is 0.783. The SMILES string of the molecule is N#Cc1ccc(N2C(=O)N(c3ccc(C#N)cc3)C3(CCC3)C2=O)cc1. The van der Waals surface area contributed by atoms with Crippen molar-refractivity contribution in [3.8, 4) is 12.1 Å². The second-order valence-electron chi connectivity index (χ2n) is 6.46. The van der Waals surface area contributed by atoms with E-state index < -0.39 is 11.6 Å². The molecule has 2 aromatic carbocycles. The van der Waals surface area contributed by atoms with Crippen LogP contribution in [0.25, 0.3) is 0 Å². The Kier molecular flexibility index (Phi) is 3.49. The molecule has 1 saturated heterocycles. The smallest absolute Gasteiger partial charge is 0.278 e. The maximum atomic E-state index is 13.1. The number of hydrogen-bond donors (Lipinski definition) is 0. The molecular formula is C20H14N4O2. The summed E-state index contributed by atoms with van der Waals surface area (Å²) in [7, 11) is 0. The summed E-state index contributed by atoms with van der Waals surface area (Å²) in [6.45, 7) is 0. The van der Waals surface area contributed by atoms with Crippen molar-refractivity contribution < 1.29 is 9.59 Å². The van der Waals surface area contributed by atoms with Crippen molar-refractivity contribution in [1.82, 2.24) is 0 Å². The van der Waals surface area contributed by atoms with Crippen LogP contribution >= 0.6 is 0 Å². The van der Waals surface area contributed by atoms with Crippen molar-refractivity contribution >= 4 is 23.3 Å². The fourth-order valence-electron chi connectivity index (χ4n) is 3.58. The number of imide groups is 1. The van der Waals surface area contributed by atoms with Crippen LogP contribution in [-0.2, 0) is 4.79 Å². The van der Waals surface area contributed by atoms with Crippen molar-refractivity contribution in [2.24, 2.45) is 0 Å². The van der Waals surface area contributed by atoms with Gasteiger partial charge in [-0.2, -0.15) is 10.5 Å². The number of carbonyl (C=O) groups is 2. The van der Waals surface area contributed by atoms with E-state index in [-0.39, 0.29) is 5.91 Å². The van der Waals surface area contributed by atoms with Gasteiger partial charge in [0.25, 0.3) is 5.91 Å². The van der Waals surface area contributed by atoms with Crippen molar-refractivity contribution in [2.45, 2.75) is 24.8 Å². The topological polar surface area (TPSA) is 88.2 Å². The van der Waals surface area contributed by atoms with E-state index in [2.05, 4.69) is 6.07 Å². The zero-order valence-electron chi connectivity index (χ0n) is 13.8. The highest BCUT2D eigenvalue weighted by Gasteiger charge is 2.61. The summed E-state index contributed by atoms with van der Waals surface area (Å²) < 4.78 is 0. The number of nitriles is 2. The molecule has 3 amide bonds. The molecule has 6 heteroatoms. The summed E-state index contributed by atoms with van der Waals surface area (Å²) in [5.74, 6) is -0.234. The molecule has 1 aliphatic carbocycles. The number of nitrogens with zero attached hydrogens (tertiary/aromatic N) is 4. The number of carbonyl (C=O) groups excluding carboxylic acids is 2. The molecule has 26 heavy (non-hydrogen) atoms. The van der Waals surface area contributed by atoms with Gasteiger partial charge in [0.1, 0.15) is 5.54 Å². The minimum absolute atomic E-state index is 0.234. The first-order valence-corrected chi connectivity index (χ1v) is 8.30. The number of benzene rings is 2. The fraction of sp³-hybridized carbons (Fsp3) is 0.200. The fourth-order valence-corrected chi connectivity index (χ4v) is 3.58. The Morgan fingerprint density at radius 3 is 1.73 bits per heavy atom. The summed E-state index contributed by atoms with van der Waals surface area (Å²) >= 11 is 0. The Bertz CT molecular complexity index is 976. The Morgan fingerprint density at radius 2 is 1.31 bits per heavy atom. The molecule has 1 aliphatic heterocycles. The van der Waals surface area contributed by atoms with Gasteiger partial charge < -0.3 is 0 Å². The van der Waals surface area contributed by atoms with E-state index in [1.165, 1.54) is 4.90 Å². The van der Waals surface area contributed by atoms with E-state index in [4.69, 9.17) is 10.5 Å². The average Bonchev–Trinajstić information content (AvgIpc) is 2.89. The van der Waals surface area contributed by atoms with E-state index in [0.29, 0.717) is 35.3 Å². The molecule has 0 atom stereocenters. The highest BCUT2D eigenvalue weighted by molar-refractivity contribution is 6.30. The molecule has 2 fully saturated rings. The molecule has 0 aromatic heterocycles.